The summed E-state index contributed by atoms with van der Waals surface area (Å²) in [6.07, 6.45) is 0.997. The Morgan fingerprint density at radius 2 is 2.33 bits per heavy atom. The van der Waals surface area contributed by atoms with Crippen LogP contribution in [0.5, 0.6) is 0 Å². The maximum absolute atomic E-state index is 9.09. The van der Waals surface area contributed by atoms with Gasteiger partial charge in [0.1, 0.15) is 6.07 Å². The Morgan fingerprint density at radius 1 is 1.53 bits per heavy atom. The molecule has 1 saturated heterocycles. The van der Waals surface area contributed by atoms with E-state index in [9.17, 15) is 0 Å². The number of benzene rings is 1. The number of nitriles is 1. The van der Waals surface area contributed by atoms with Crippen LogP contribution in [-0.2, 0) is 0 Å². The van der Waals surface area contributed by atoms with Crippen molar-refractivity contribution < 1.29 is 0 Å². The zero-order chi connectivity index (χ0) is 10.8. The molecule has 0 aliphatic carbocycles. The molecular formula is C11H12BrN3. The molecule has 0 bridgehead atoms. The zero-order valence-electron chi connectivity index (χ0n) is 8.28. The number of anilines is 1. The van der Waals surface area contributed by atoms with Crippen molar-refractivity contribution in [3.8, 4) is 6.07 Å². The van der Waals surface area contributed by atoms with Gasteiger partial charge in [0.05, 0.1) is 11.3 Å². The summed E-state index contributed by atoms with van der Waals surface area (Å²) in [7, 11) is 0. The highest BCUT2D eigenvalue weighted by Crippen LogP contribution is 2.29. The molecule has 1 aromatic carbocycles. The second-order valence-corrected chi connectivity index (χ2v) is 4.59. The Morgan fingerprint density at radius 3 is 2.93 bits per heavy atom. The average molecular weight is 266 g/mol. The maximum Gasteiger partial charge on any atom is 0.103 e. The zero-order valence-corrected chi connectivity index (χ0v) is 9.87. The molecule has 0 saturated carbocycles. The fourth-order valence-electron chi connectivity index (χ4n) is 1.89. The van der Waals surface area contributed by atoms with Gasteiger partial charge in [0.15, 0.2) is 0 Å². The van der Waals surface area contributed by atoms with Crippen molar-refractivity contribution >= 4 is 21.6 Å². The summed E-state index contributed by atoms with van der Waals surface area (Å²) in [4.78, 5) is 2.17. The Labute approximate surface area is 97.6 Å². The van der Waals surface area contributed by atoms with Gasteiger partial charge >= 0.3 is 0 Å². The summed E-state index contributed by atoms with van der Waals surface area (Å²) in [6, 6.07) is 8.27. The summed E-state index contributed by atoms with van der Waals surface area (Å²) in [5.41, 5.74) is 7.54. The van der Waals surface area contributed by atoms with E-state index in [1.165, 1.54) is 0 Å². The summed E-state index contributed by atoms with van der Waals surface area (Å²) < 4.78 is 0.850. The number of hydrogen-bond donors (Lipinski definition) is 1. The SMILES string of the molecule is N#Cc1c(Br)cccc1N1CC[C@H](N)C1. The first kappa shape index (κ1) is 10.5. The van der Waals surface area contributed by atoms with Crippen molar-refractivity contribution in [2.45, 2.75) is 12.5 Å². The molecule has 0 unspecified atom stereocenters. The second-order valence-electron chi connectivity index (χ2n) is 3.74. The summed E-state index contributed by atoms with van der Waals surface area (Å²) in [5, 5.41) is 9.09. The number of hydrogen-bond acceptors (Lipinski definition) is 3. The van der Waals surface area contributed by atoms with Gasteiger partial charge < -0.3 is 10.6 Å². The molecule has 1 heterocycles. The first-order valence-corrected chi connectivity index (χ1v) is 5.71. The lowest BCUT2D eigenvalue weighted by Crippen LogP contribution is -2.26. The average Bonchev–Trinajstić information content (AvgIpc) is 2.64. The van der Waals surface area contributed by atoms with E-state index >= 15 is 0 Å². The maximum atomic E-state index is 9.09. The van der Waals surface area contributed by atoms with Crippen LogP contribution in [0.2, 0.25) is 0 Å². The minimum absolute atomic E-state index is 0.232. The summed E-state index contributed by atoms with van der Waals surface area (Å²) in [6.45, 7) is 1.78. The van der Waals surface area contributed by atoms with E-state index in [0.29, 0.717) is 5.56 Å². The quantitative estimate of drug-likeness (QED) is 0.844. The van der Waals surface area contributed by atoms with Crippen LogP contribution in [0.1, 0.15) is 12.0 Å². The first-order valence-electron chi connectivity index (χ1n) is 4.91. The standard InChI is InChI=1S/C11H12BrN3/c12-10-2-1-3-11(9(10)6-13)15-5-4-8(14)7-15/h1-3,8H,4-5,7,14H2/t8-/m0/s1. The molecule has 15 heavy (non-hydrogen) atoms. The smallest absolute Gasteiger partial charge is 0.103 e. The van der Waals surface area contributed by atoms with E-state index in [1.807, 2.05) is 18.2 Å². The second kappa shape index (κ2) is 4.21. The fourth-order valence-corrected chi connectivity index (χ4v) is 2.34. The predicted octanol–water partition coefficient (Wildman–Crippen LogP) is 1.86. The highest BCUT2D eigenvalue weighted by atomic mass is 79.9. The van der Waals surface area contributed by atoms with Crippen molar-refractivity contribution in [3.05, 3.63) is 28.2 Å². The van der Waals surface area contributed by atoms with Crippen LogP contribution in [0.15, 0.2) is 22.7 Å². The molecule has 0 spiro atoms. The van der Waals surface area contributed by atoms with Gasteiger partial charge in [-0.25, -0.2) is 0 Å². The van der Waals surface area contributed by atoms with Gasteiger partial charge in [0.25, 0.3) is 0 Å². The topological polar surface area (TPSA) is 53.0 Å². The third-order valence-electron chi connectivity index (χ3n) is 2.67. The van der Waals surface area contributed by atoms with Gasteiger partial charge in [-0.1, -0.05) is 6.07 Å². The van der Waals surface area contributed by atoms with Gasteiger partial charge in [-0.15, -0.1) is 0 Å². The lowest BCUT2D eigenvalue weighted by Gasteiger charge is -2.19. The molecule has 1 aromatic rings. The molecule has 1 aliphatic heterocycles. The van der Waals surface area contributed by atoms with Crippen molar-refractivity contribution in [3.63, 3.8) is 0 Å². The molecule has 2 N–H and O–H groups in total. The first-order chi connectivity index (χ1) is 7.22. The molecule has 1 atom stereocenters. The van der Waals surface area contributed by atoms with Gasteiger partial charge in [0, 0.05) is 23.6 Å². The lowest BCUT2D eigenvalue weighted by molar-refractivity contribution is 0.752. The Hall–Kier alpha value is -1.05. The van der Waals surface area contributed by atoms with Crippen LogP contribution >= 0.6 is 15.9 Å². The van der Waals surface area contributed by atoms with Gasteiger partial charge in [-0.3, -0.25) is 0 Å². The molecule has 4 heteroatoms. The molecular weight excluding hydrogens is 254 g/mol. The number of rotatable bonds is 1. The molecule has 2 rings (SSSR count). The van der Waals surface area contributed by atoms with Crippen molar-refractivity contribution in [2.24, 2.45) is 5.73 Å². The lowest BCUT2D eigenvalue weighted by atomic mass is 10.2. The minimum Gasteiger partial charge on any atom is -0.369 e. The Kier molecular flexibility index (Phi) is 2.94. The van der Waals surface area contributed by atoms with Crippen LogP contribution < -0.4 is 10.6 Å². The van der Waals surface area contributed by atoms with Crippen molar-refractivity contribution in [1.82, 2.24) is 0 Å². The molecule has 0 radical (unpaired) electrons. The third kappa shape index (κ3) is 1.99. The third-order valence-corrected chi connectivity index (χ3v) is 3.33. The van der Waals surface area contributed by atoms with Crippen LogP contribution in [0, 0.1) is 11.3 Å². The Balaban J connectivity index is 2.36. The van der Waals surface area contributed by atoms with Gasteiger partial charge in [0.2, 0.25) is 0 Å². The monoisotopic (exact) mass is 265 g/mol. The van der Waals surface area contributed by atoms with E-state index in [1.54, 1.807) is 0 Å². The van der Waals surface area contributed by atoms with Crippen LogP contribution in [-0.4, -0.2) is 19.1 Å². The number of nitrogens with two attached hydrogens (primary N) is 1. The van der Waals surface area contributed by atoms with E-state index < -0.39 is 0 Å². The highest BCUT2D eigenvalue weighted by molar-refractivity contribution is 9.10. The fraction of sp³-hybridized carbons (Fsp3) is 0.364. The molecule has 1 fully saturated rings. The van der Waals surface area contributed by atoms with Crippen LogP contribution in [0.25, 0.3) is 0 Å². The molecule has 3 nitrogen and oxygen atoms in total. The van der Waals surface area contributed by atoms with Gasteiger partial charge in [-0.2, -0.15) is 5.26 Å². The normalized spacial score (nSPS) is 20.3. The molecule has 0 aromatic heterocycles. The predicted molar refractivity (Wildman–Crippen MR) is 63.7 cm³/mol. The summed E-state index contributed by atoms with van der Waals surface area (Å²) >= 11 is 3.39. The molecule has 0 amide bonds. The molecule has 1 aliphatic rings. The summed E-state index contributed by atoms with van der Waals surface area (Å²) in [5.74, 6) is 0. The van der Waals surface area contributed by atoms with E-state index in [0.717, 1.165) is 29.7 Å². The van der Waals surface area contributed by atoms with E-state index in [-0.39, 0.29) is 6.04 Å². The van der Waals surface area contributed by atoms with E-state index in [2.05, 4.69) is 26.9 Å². The number of halogens is 1. The van der Waals surface area contributed by atoms with E-state index in [4.69, 9.17) is 11.0 Å². The van der Waals surface area contributed by atoms with Crippen molar-refractivity contribution in [2.75, 3.05) is 18.0 Å². The van der Waals surface area contributed by atoms with Crippen molar-refractivity contribution in [1.29, 1.82) is 5.26 Å². The van der Waals surface area contributed by atoms with Crippen LogP contribution in [0.3, 0.4) is 0 Å². The Bertz CT molecular complexity index is 411. The van der Waals surface area contributed by atoms with Gasteiger partial charge in [-0.05, 0) is 34.5 Å². The minimum atomic E-state index is 0.232. The van der Waals surface area contributed by atoms with Crippen LogP contribution in [0.4, 0.5) is 5.69 Å². The number of nitrogens with zero attached hydrogens (tertiary/aromatic N) is 2. The highest BCUT2D eigenvalue weighted by Gasteiger charge is 2.21. The molecule has 78 valence electrons. The largest absolute Gasteiger partial charge is 0.369 e.